The van der Waals surface area contributed by atoms with E-state index in [0.29, 0.717) is 0 Å². The summed E-state index contributed by atoms with van der Waals surface area (Å²) in [6.45, 7) is 4.17. The van der Waals surface area contributed by atoms with Crippen LogP contribution in [-0.4, -0.2) is 14.2 Å². The Morgan fingerprint density at radius 3 is 1.15 bits per heavy atom. The fraction of sp³-hybridized carbons (Fsp3) is 0.333. The van der Waals surface area contributed by atoms with E-state index in [0.717, 1.165) is 11.1 Å². The fourth-order valence-corrected chi connectivity index (χ4v) is 2.38. The molecule has 0 aliphatic heterocycles. The molecule has 0 heterocycles. The summed E-state index contributed by atoms with van der Waals surface area (Å²) in [6, 6.07) is 16.8. The lowest BCUT2D eigenvalue weighted by Gasteiger charge is -2.26. The Morgan fingerprint density at radius 1 is 0.600 bits per heavy atom. The number of ether oxygens (including phenoxy) is 2. The van der Waals surface area contributed by atoms with Crippen LogP contribution < -0.4 is 0 Å². The number of hydrogen-bond acceptors (Lipinski definition) is 2. The van der Waals surface area contributed by atoms with Gasteiger partial charge >= 0.3 is 0 Å². The highest BCUT2D eigenvalue weighted by Crippen LogP contribution is 2.34. The Balaban J connectivity index is 2.32. The second-order valence-electron chi connectivity index (χ2n) is 5.13. The first kappa shape index (κ1) is 14.8. The van der Waals surface area contributed by atoms with Gasteiger partial charge in [0, 0.05) is 14.2 Å². The molecule has 2 heteroatoms. The number of methoxy groups -OCH3 is 2. The molecule has 0 bridgehead atoms. The minimum Gasteiger partial charge on any atom is -0.374 e. The molecule has 0 aliphatic rings. The Labute approximate surface area is 121 Å². The molecule has 2 atom stereocenters. The summed E-state index contributed by atoms with van der Waals surface area (Å²) in [5, 5.41) is 0. The van der Waals surface area contributed by atoms with Crippen molar-refractivity contribution in [3.05, 3.63) is 70.8 Å². The molecular weight excluding hydrogens is 248 g/mol. The summed E-state index contributed by atoms with van der Waals surface area (Å²) >= 11 is 0. The highest BCUT2D eigenvalue weighted by Gasteiger charge is 2.24. The van der Waals surface area contributed by atoms with E-state index >= 15 is 0 Å². The number of benzene rings is 2. The van der Waals surface area contributed by atoms with Gasteiger partial charge in [0.15, 0.2) is 0 Å². The van der Waals surface area contributed by atoms with Crippen LogP contribution in [-0.2, 0) is 9.47 Å². The van der Waals surface area contributed by atoms with Gasteiger partial charge in [-0.3, -0.25) is 0 Å². The van der Waals surface area contributed by atoms with Gasteiger partial charge in [-0.05, 0) is 25.0 Å². The van der Waals surface area contributed by atoms with Crippen molar-refractivity contribution in [1.29, 1.82) is 0 Å². The molecule has 0 saturated carbocycles. The van der Waals surface area contributed by atoms with Gasteiger partial charge in [0.05, 0.1) is 0 Å². The molecule has 0 spiro atoms. The predicted octanol–water partition coefficient (Wildman–Crippen LogP) is 4.38. The summed E-state index contributed by atoms with van der Waals surface area (Å²) in [5.41, 5.74) is 4.75. The van der Waals surface area contributed by atoms with Crippen LogP contribution in [0.15, 0.2) is 48.5 Å². The predicted molar refractivity (Wildman–Crippen MR) is 81.9 cm³/mol. The molecule has 106 valence electrons. The maximum absolute atomic E-state index is 5.69. The molecule has 0 fully saturated rings. The van der Waals surface area contributed by atoms with Crippen LogP contribution in [0.25, 0.3) is 0 Å². The second-order valence-corrected chi connectivity index (χ2v) is 5.13. The molecule has 2 aromatic rings. The minimum absolute atomic E-state index is 0.108. The minimum atomic E-state index is -0.108. The third-order valence-electron chi connectivity index (χ3n) is 3.59. The quantitative estimate of drug-likeness (QED) is 0.802. The SMILES string of the molecule is COC(c1ccc(C)cc1)C(OC)c1ccc(C)cc1. The van der Waals surface area contributed by atoms with Crippen molar-refractivity contribution in [2.45, 2.75) is 26.1 Å². The van der Waals surface area contributed by atoms with Crippen LogP contribution in [0.4, 0.5) is 0 Å². The lowest BCUT2D eigenvalue weighted by Crippen LogP contribution is -2.15. The Bertz CT molecular complexity index is 477. The summed E-state index contributed by atoms with van der Waals surface area (Å²) in [4.78, 5) is 0. The largest absolute Gasteiger partial charge is 0.374 e. The molecule has 0 saturated heterocycles. The summed E-state index contributed by atoms with van der Waals surface area (Å²) in [7, 11) is 3.45. The van der Waals surface area contributed by atoms with Crippen molar-refractivity contribution in [2.75, 3.05) is 14.2 Å². The number of aryl methyl sites for hydroxylation is 2. The van der Waals surface area contributed by atoms with Gasteiger partial charge in [-0.1, -0.05) is 59.7 Å². The lowest BCUT2D eigenvalue weighted by molar-refractivity contribution is -0.0397. The van der Waals surface area contributed by atoms with Crippen molar-refractivity contribution in [1.82, 2.24) is 0 Å². The monoisotopic (exact) mass is 270 g/mol. The highest BCUT2D eigenvalue weighted by atomic mass is 16.5. The first-order valence-electron chi connectivity index (χ1n) is 6.84. The van der Waals surface area contributed by atoms with Gasteiger partial charge in [0.2, 0.25) is 0 Å². The van der Waals surface area contributed by atoms with Gasteiger partial charge < -0.3 is 9.47 Å². The Morgan fingerprint density at radius 2 is 0.900 bits per heavy atom. The smallest absolute Gasteiger partial charge is 0.112 e. The topological polar surface area (TPSA) is 18.5 Å². The molecule has 0 N–H and O–H groups in total. The van der Waals surface area contributed by atoms with Crippen LogP contribution in [0, 0.1) is 13.8 Å². The molecule has 20 heavy (non-hydrogen) atoms. The van der Waals surface area contributed by atoms with E-state index < -0.39 is 0 Å². The van der Waals surface area contributed by atoms with Crippen molar-refractivity contribution >= 4 is 0 Å². The molecule has 2 unspecified atom stereocenters. The van der Waals surface area contributed by atoms with Crippen molar-refractivity contribution in [3.8, 4) is 0 Å². The van der Waals surface area contributed by atoms with Gasteiger partial charge in [0.25, 0.3) is 0 Å². The first-order valence-corrected chi connectivity index (χ1v) is 6.84. The van der Waals surface area contributed by atoms with E-state index in [2.05, 4.69) is 62.4 Å². The van der Waals surface area contributed by atoms with E-state index in [4.69, 9.17) is 9.47 Å². The summed E-state index contributed by atoms with van der Waals surface area (Å²) < 4.78 is 11.4. The maximum Gasteiger partial charge on any atom is 0.112 e. The van der Waals surface area contributed by atoms with Crippen LogP contribution >= 0.6 is 0 Å². The van der Waals surface area contributed by atoms with Crippen molar-refractivity contribution in [2.24, 2.45) is 0 Å². The number of hydrogen-bond donors (Lipinski definition) is 0. The van der Waals surface area contributed by atoms with Crippen LogP contribution in [0.3, 0.4) is 0 Å². The van der Waals surface area contributed by atoms with E-state index in [9.17, 15) is 0 Å². The molecule has 0 aromatic heterocycles. The van der Waals surface area contributed by atoms with Crippen LogP contribution in [0.1, 0.15) is 34.5 Å². The molecule has 2 aromatic carbocycles. The van der Waals surface area contributed by atoms with E-state index in [1.165, 1.54) is 11.1 Å². The van der Waals surface area contributed by atoms with Crippen LogP contribution in [0.5, 0.6) is 0 Å². The van der Waals surface area contributed by atoms with Crippen molar-refractivity contribution in [3.63, 3.8) is 0 Å². The molecule has 2 nitrogen and oxygen atoms in total. The third-order valence-corrected chi connectivity index (χ3v) is 3.59. The first-order chi connectivity index (χ1) is 9.65. The molecule has 0 aliphatic carbocycles. The number of rotatable bonds is 5. The summed E-state index contributed by atoms with van der Waals surface area (Å²) in [6.07, 6.45) is -0.216. The average molecular weight is 270 g/mol. The average Bonchev–Trinajstić information content (AvgIpc) is 2.47. The standard InChI is InChI=1S/C18H22O2/c1-13-5-9-15(10-6-13)17(19-3)18(20-4)16-11-7-14(2)8-12-16/h5-12,17-18H,1-4H3. The van der Waals surface area contributed by atoms with Gasteiger partial charge in [-0.2, -0.15) is 0 Å². The molecule has 2 rings (SSSR count). The summed E-state index contributed by atoms with van der Waals surface area (Å²) in [5.74, 6) is 0. The van der Waals surface area contributed by atoms with Crippen LogP contribution in [0.2, 0.25) is 0 Å². The Hall–Kier alpha value is -1.64. The zero-order chi connectivity index (χ0) is 14.5. The third kappa shape index (κ3) is 3.27. The van der Waals surface area contributed by atoms with Gasteiger partial charge in [-0.15, -0.1) is 0 Å². The van der Waals surface area contributed by atoms with E-state index in [1.54, 1.807) is 14.2 Å². The molecule has 0 amide bonds. The van der Waals surface area contributed by atoms with Gasteiger partial charge in [-0.25, -0.2) is 0 Å². The normalized spacial score (nSPS) is 14.0. The molecule has 0 radical (unpaired) electrons. The zero-order valence-electron chi connectivity index (χ0n) is 12.6. The Kier molecular flexibility index (Phi) is 4.94. The fourth-order valence-electron chi connectivity index (χ4n) is 2.38. The lowest BCUT2D eigenvalue weighted by atomic mass is 9.96. The highest BCUT2D eigenvalue weighted by molar-refractivity contribution is 5.29. The van der Waals surface area contributed by atoms with Gasteiger partial charge in [0.1, 0.15) is 12.2 Å². The van der Waals surface area contributed by atoms with E-state index in [-0.39, 0.29) is 12.2 Å². The van der Waals surface area contributed by atoms with Crippen molar-refractivity contribution < 1.29 is 9.47 Å². The van der Waals surface area contributed by atoms with E-state index in [1.807, 2.05) is 0 Å². The second kappa shape index (κ2) is 6.69. The molecular formula is C18H22O2. The maximum atomic E-state index is 5.69. The zero-order valence-corrected chi connectivity index (χ0v) is 12.6.